The molecule has 6 nitrogen and oxygen atoms in total. The van der Waals surface area contributed by atoms with Gasteiger partial charge in [0.2, 0.25) is 0 Å². The van der Waals surface area contributed by atoms with Crippen molar-refractivity contribution in [3.05, 3.63) is 83.6 Å². The van der Waals surface area contributed by atoms with Crippen LogP contribution < -0.4 is 15.4 Å². The smallest absolute Gasteiger partial charge is 0.270 e. The van der Waals surface area contributed by atoms with Crippen molar-refractivity contribution in [2.24, 2.45) is 0 Å². The van der Waals surface area contributed by atoms with Gasteiger partial charge in [-0.05, 0) is 42.2 Å². The highest BCUT2D eigenvalue weighted by atomic mass is 19.1. The highest BCUT2D eigenvalue weighted by Crippen LogP contribution is 2.17. The van der Waals surface area contributed by atoms with E-state index in [0.29, 0.717) is 37.4 Å². The molecule has 0 fully saturated rings. The number of ether oxygens (including phenoxy) is 1. The van der Waals surface area contributed by atoms with Crippen LogP contribution in [0.15, 0.2) is 60.9 Å². The van der Waals surface area contributed by atoms with E-state index in [9.17, 15) is 9.18 Å². The third-order valence-corrected chi connectivity index (χ3v) is 4.41. The van der Waals surface area contributed by atoms with Crippen LogP contribution in [0.4, 0.5) is 10.2 Å². The molecule has 1 aromatic heterocycles. The molecule has 150 valence electrons. The first-order chi connectivity index (χ1) is 14.2. The Morgan fingerprint density at radius 3 is 2.62 bits per heavy atom. The molecule has 2 aromatic carbocycles. The van der Waals surface area contributed by atoms with E-state index in [4.69, 9.17) is 4.74 Å². The minimum Gasteiger partial charge on any atom is -0.496 e. The van der Waals surface area contributed by atoms with E-state index in [2.05, 4.69) is 20.6 Å². The number of hydrogen-bond acceptors (Lipinski definition) is 5. The number of para-hydroxylation sites is 1. The van der Waals surface area contributed by atoms with Gasteiger partial charge in [0.25, 0.3) is 5.91 Å². The number of nitrogens with zero attached hydrogens (tertiary/aromatic N) is 2. The van der Waals surface area contributed by atoms with Crippen molar-refractivity contribution in [3.8, 4) is 5.75 Å². The molecule has 0 aliphatic carbocycles. The lowest BCUT2D eigenvalue weighted by Crippen LogP contribution is -2.26. The molecule has 0 atom stereocenters. The first-order valence-corrected chi connectivity index (χ1v) is 9.36. The molecular formula is C22H23FN4O2. The summed E-state index contributed by atoms with van der Waals surface area (Å²) in [6.07, 6.45) is 2.73. The SMILES string of the molecule is COc1ccccc1CCNC(=O)c1cc(NCCc2ccc(F)cc2)ncn1. The number of amides is 1. The van der Waals surface area contributed by atoms with Crippen LogP contribution in [-0.2, 0) is 12.8 Å². The lowest BCUT2D eigenvalue weighted by Gasteiger charge is -2.10. The van der Waals surface area contributed by atoms with Crippen LogP contribution in [0.5, 0.6) is 5.75 Å². The first-order valence-electron chi connectivity index (χ1n) is 9.36. The Morgan fingerprint density at radius 1 is 1.03 bits per heavy atom. The second-order valence-corrected chi connectivity index (χ2v) is 6.41. The Balaban J connectivity index is 1.49. The molecule has 0 saturated heterocycles. The van der Waals surface area contributed by atoms with Crippen molar-refractivity contribution < 1.29 is 13.9 Å². The van der Waals surface area contributed by atoms with Crippen molar-refractivity contribution in [1.29, 1.82) is 0 Å². The monoisotopic (exact) mass is 394 g/mol. The fourth-order valence-corrected chi connectivity index (χ4v) is 2.87. The third-order valence-electron chi connectivity index (χ3n) is 4.41. The Hall–Kier alpha value is -3.48. The standard InChI is InChI=1S/C22H23FN4O2/c1-29-20-5-3-2-4-17(20)11-13-25-22(28)19-14-21(27-15-26-19)24-12-10-16-6-8-18(23)9-7-16/h2-9,14-15H,10-13H2,1H3,(H,25,28)(H,24,26,27). The number of anilines is 1. The number of carbonyl (C=O) groups excluding carboxylic acids is 1. The van der Waals surface area contributed by atoms with Gasteiger partial charge in [-0.1, -0.05) is 30.3 Å². The molecule has 0 spiro atoms. The number of methoxy groups -OCH3 is 1. The maximum absolute atomic E-state index is 12.9. The van der Waals surface area contributed by atoms with E-state index in [-0.39, 0.29) is 11.7 Å². The predicted octanol–water partition coefficient (Wildman–Crippen LogP) is 3.25. The average molecular weight is 394 g/mol. The summed E-state index contributed by atoms with van der Waals surface area (Å²) in [5, 5.41) is 6.02. The average Bonchev–Trinajstić information content (AvgIpc) is 2.75. The first kappa shape index (κ1) is 20.3. The van der Waals surface area contributed by atoms with Gasteiger partial charge < -0.3 is 15.4 Å². The van der Waals surface area contributed by atoms with Crippen LogP contribution in [0.2, 0.25) is 0 Å². The zero-order chi connectivity index (χ0) is 20.5. The Labute approximate surface area is 169 Å². The lowest BCUT2D eigenvalue weighted by molar-refractivity contribution is 0.0949. The van der Waals surface area contributed by atoms with E-state index in [0.717, 1.165) is 16.9 Å². The molecular weight excluding hydrogens is 371 g/mol. The van der Waals surface area contributed by atoms with E-state index in [1.807, 2.05) is 24.3 Å². The quantitative estimate of drug-likeness (QED) is 0.583. The Kier molecular flexibility index (Phi) is 7.10. The number of halogens is 1. The number of nitrogens with one attached hydrogen (secondary N) is 2. The summed E-state index contributed by atoms with van der Waals surface area (Å²) in [6, 6.07) is 15.7. The maximum Gasteiger partial charge on any atom is 0.270 e. The molecule has 0 unspecified atom stereocenters. The maximum atomic E-state index is 12.9. The molecule has 29 heavy (non-hydrogen) atoms. The minimum absolute atomic E-state index is 0.251. The molecule has 3 aromatic rings. The van der Waals surface area contributed by atoms with Gasteiger partial charge in [0, 0.05) is 19.2 Å². The molecule has 2 N–H and O–H groups in total. The summed E-state index contributed by atoms with van der Waals surface area (Å²) >= 11 is 0. The van der Waals surface area contributed by atoms with Crippen LogP contribution >= 0.6 is 0 Å². The van der Waals surface area contributed by atoms with E-state index in [1.165, 1.54) is 18.5 Å². The number of aromatic nitrogens is 2. The van der Waals surface area contributed by atoms with Gasteiger partial charge in [0.1, 0.15) is 29.4 Å². The molecule has 0 aliphatic rings. The molecule has 0 radical (unpaired) electrons. The fourth-order valence-electron chi connectivity index (χ4n) is 2.87. The van der Waals surface area contributed by atoms with Crippen molar-refractivity contribution in [2.45, 2.75) is 12.8 Å². The highest BCUT2D eigenvalue weighted by Gasteiger charge is 2.09. The number of hydrogen-bond donors (Lipinski definition) is 2. The molecule has 0 bridgehead atoms. The second kappa shape index (κ2) is 10.2. The lowest BCUT2D eigenvalue weighted by atomic mass is 10.1. The van der Waals surface area contributed by atoms with Gasteiger partial charge in [-0.15, -0.1) is 0 Å². The number of carbonyl (C=O) groups is 1. The van der Waals surface area contributed by atoms with Crippen molar-refractivity contribution in [3.63, 3.8) is 0 Å². The summed E-state index contributed by atoms with van der Waals surface area (Å²) in [5.74, 6) is 0.858. The minimum atomic E-state index is -0.260. The van der Waals surface area contributed by atoms with Gasteiger partial charge in [-0.25, -0.2) is 14.4 Å². The van der Waals surface area contributed by atoms with Crippen LogP contribution in [-0.4, -0.2) is 36.1 Å². The molecule has 1 heterocycles. The van der Waals surface area contributed by atoms with Crippen molar-refractivity contribution in [1.82, 2.24) is 15.3 Å². The zero-order valence-electron chi connectivity index (χ0n) is 16.2. The molecule has 0 saturated carbocycles. The highest BCUT2D eigenvalue weighted by molar-refractivity contribution is 5.92. The summed E-state index contributed by atoms with van der Waals surface area (Å²) in [6.45, 7) is 1.08. The number of benzene rings is 2. The van der Waals surface area contributed by atoms with E-state index < -0.39 is 0 Å². The fraction of sp³-hybridized carbons (Fsp3) is 0.227. The van der Waals surface area contributed by atoms with Crippen LogP contribution in [0.3, 0.4) is 0 Å². The summed E-state index contributed by atoms with van der Waals surface area (Å²) in [5.41, 5.74) is 2.34. The topological polar surface area (TPSA) is 76.1 Å². The van der Waals surface area contributed by atoms with Crippen LogP contribution in [0.1, 0.15) is 21.6 Å². The zero-order valence-corrected chi connectivity index (χ0v) is 16.2. The van der Waals surface area contributed by atoms with Gasteiger partial charge in [0.05, 0.1) is 7.11 Å². The van der Waals surface area contributed by atoms with Gasteiger partial charge in [-0.3, -0.25) is 4.79 Å². The summed E-state index contributed by atoms with van der Waals surface area (Å²) < 4.78 is 18.3. The van der Waals surface area contributed by atoms with Gasteiger partial charge >= 0.3 is 0 Å². The predicted molar refractivity (Wildman–Crippen MR) is 110 cm³/mol. The summed E-state index contributed by atoms with van der Waals surface area (Å²) in [7, 11) is 1.63. The van der Waals surface area contributed by atoms with Gasteiger partial charge in [-0.2, -0.15) is 0 Å². The number of rotatable bonds is 9. The molecule has 0 aliphatic heterocycles. The Bertz CT molecular complexity index is 948. The third kappa shape index (κ3) is 6.00. The Morgan fingerprint density at radius 2 is 1.83 bits per heavy atom. The molecule has 1 amide bonds. The van der Waals surface area contributed by atoms with Crippen molar-refractivity contribution in [2.75, 3.05) is 25.5 Å². The molecule has 7 heteroatoms. The van der Waals surface area contributed by atoms with Crippen molar-refractivity contribution >= 4 is 11.7 Å². The largest absolute Gasteiger partial charge is 0.496 e. The van der Waals surface area contributed by atoms with Gasteiger partial charge in [0.15, 0.2) is 0 Å². The normalized spacial score (nSPS) is 10.4. The summed E-state index contributed by atoms with van der Waals surface area (Å²) in [4.78, 5) is 20.6. The second-order valence-electron chi connectivity index (χ2n) is 6.41. The van der Waals surface area contributed by atoms with Crippen LogP contribution in [0.25, 0.3) is 0 Å². The van der Waals surface area contributed by atoms with Crippen LogP contribution in [0, 0.1) is 5.82 Å². The van der Waals surface area contributed by atoms with E-state index >= 15 is 0 Å². The molecule has 3 rings (SSSR count). The van der Waals surface area contributed by atoms with E-state index in [1.54, 1.807) is 25.3 Å².